The molecule has 1 aliphatic rings. The Morgan fingerprint density at radius 1 is 0.696 bits per heavy atom. The van der Waals surface area contributed by atoms with Crippen LogP contribution in [0.15, 0.2) is 0 Å². The maximum absolute atomic E-state index is 3.43. The molecule has 1 nitrogen and oxygen atoms in total. The summed E-state index contributed by atoms with van der Waals surface area (Å²) in [6, 6.07) is 0. The Kier molecular flexibility index (Phi) is 14.1. The highest BCUT2D eigenvalue weighted by Gasteiger charge is 2.18. The number of unbranched alkanes of at least 4 members (excludes halogenated alkanes) is 6. The van der Waals surface area contributed by atoms with Gasteiger partial charge >= 0.3 is 0 Å². The van der Waals surface area contributed by atoms with Crippen LogP contribution in [-0.2, 0) is 0 Å². The average Bonchev–Trinajstić information content (AvgIpc) is 2.53. The van der Waals surface area contributed by atoms with Gasteiger partial charge in [0.1, 0.15) is 0 Å². The van der Waals surface area contributed by atoms with Crippen molar-refractivity contribution in [1.29, 1.82) is 0 Å². The van der Waals surface area contributed by atoms with Crippen molar-refractivity contribution in [3.8, 4) is 0 Å². The van der Waals surface area contributed by atoms with E-state index in [2.05, 4.69) is 19.2 Å². The summed E-state index contributed by atoms with van der Waals surface area (Å²) in [6.45, 7) is 6.88. The summed E-state index contributed by atoms with van der Waals surface area (Å²) in [7, 11) is 0. The first kappa shape index (κ1) is 21.0. The summed E-state index contributed by atoms with van der Waals surface area (Å²) < 4.78 is 0. The molecular formula is C22H45N. The summed E-state index contributed by atoms with van der Waals surface area (Å²) >= 11 is 0. The molecule has 0 aliphatic heterocycles. The first-order chi connectivity index (χ1) is 11.4. The Morgan fingerprint density at radius 2 is 1.30 bits per heavy atom. The van der Waals surface area contributed by atoms with Crippen LogP contribution in [0, 0.1) is 11.8 Å². The van der Waals surface area contributed by atoms with Gasteiger partial charge < -0.3 is 5.32 Å². The molecule has 138 valence electrons. The van der Waals surface area contributed by atoms with E-state index in [-0.39, 0.29) is 0 Å². The largest absolute Gasteiger partial charge is 0.317 e. The molecule has 0 aromatic heterocycles. The standard InChI is InChI=1S/C22H45N/c1-3-5-10-15-21-17-12-9-13-18-22(20-21)16-11-7-6-8-14-19-23-4-2/h21-23H,3-20H2,1-2H3. The highest BCUT2D eigenvalue weighted by molar-refractivity contribution is 4.71. The van der Waals surface area contributed by atoms with E-state index in [1.54, 1.807) is 6.42 Å². The summed E-state index contributed by atoms with van der Waals surface area (Å²) in [6.07, 6.45) is 23.7. The zero-order valence-electron chi connectivity index (χ0n) is 16.4. The third-order valence-corrected chi connectivity index (χ3v) is 5.82. The van der Waals surface area contributed by atoms with Gasteiger partial charge in [-0.05, 0) is 37.8 Å². The van der Waals surface area contributed by atoms with Gasteiger partial charge in [0, 0.05) is 0 Å². The zero-order chi connectivity index (χ0) is 16.6. The molecule has 23 heavy (non-hydrogen) atoms. The summed E-state index contributed by atoms with van der Waals surface area (Å²) in [5.41, 5.74) is 0. The Balaban J connectivity index is 2.09. The topological polar surface area (TPSA) is 12.0 Å². The van der Waals surface area contributed by atoms with Crippen LogP contribution in [-0.4, -0.2) is 13.1 Å². The van der Waals surface area contributed by atoms with Crippen molar-refractivity contribution in [2.75, 3.05) is 13.1 Å². The normalized spacial score (nSPS) is 22.7. The van der Waals surface area contributed by atoms with E-state index < -0.39 is 0 Å². The molecule has 1 heteroatoms. The van der Waals surface area contributed by atoms with Gasteiger partial charge in [0.05, 0.1) is 0 Å². The number of rotatable bonds is 13. The zero-order valence-corrected chi connectivity index (χ0v) is 16.4. The maximum atomic E-state index is 3.43. The smallest absolute Gasteiger partial charge is 0.00490 e. The third kappa shape index (κ3) is 12.0. The Labute approximate surface area is 147 Å². The van der Waals surface area contributed by atoms with Crippen LogP contribution in [0.4, 0.5) is 0 Å². The van der Waals surface area contributed by atoms with Crippen LogP contribution >= 0.6 is 0 Å². The molecule has 0 aromatic carbocycles. The van der Waals surface area contributed by atoms with Crippen molar-refractivity contribution in [1.82, 2.24) is 5.32 Å². The maximum Gasteiger partial charge on any atom is -0.00490 e. The van der Waals surface area contributed by atoms with E-state index in [1.165, 1.54) is 103 Å². The molecule has 1 rings (SSSR count). The van der Waals surface area contributed by atoms with Crippen LogP contribution in [0.1, 0.15) is 117 Å². The molecule has 1 fully saturated rings. The van der Waals surface area contributed by atoms with Crippen molar-refractivity contribution < 1.29 is 0 Å². The molecule has 1 aliphatic carbocycles. The Bertz CT molecular complexity index is 238. The van der Waals surface area contributed by atoms with Gasteiger partial charge in [0.2, 0.25) is 0 Å². The van der Waals surface area contributed by atoms with Gasteiger partial charge in [-0.3, -0.25) is 0 Å². The molecule has 0 radical (unpaired) electrons. The minimum absolute atomic E-state index is 1.06. The molecule has 0 heterocycles. The van der Waals surface area contributed by atoms with Crippen molar-refractivity contribution in [3.05, 3.63) is 0 Å². The van der Waals surface area contributed by atoms with Gasteiger partial charge in [-0.1, -0.05) is 104 Å². The predicted molar refractivity (Wildman–Crippen MR) is 105 cm³/mol. The van der Waals surface area contributed by atoms with Gasteiger partial charge in [-0.2, -0.15) is 0 Å². The fourth-order valence-corrected chi connectivity index (χ4v) is 4.35. The summed E-state index contributed by atoms with van der Waals surface area (Å²) in [4.78, 5) is 0. The second-order valence-electron chi connectivity index (χ2n) is 8.01. The minimum atomic E-state index is 1.06. The lowest BCUT2D eigenvalue weighted by Crippen LogP contribution is -2.13. The van der Waals surface area contributed by atoms with Crippen LogP contribution < -0.4 is 5.32 Å². The minimum Gasteiger partial charge on any atom is -0.317 e. The van der Waals surface area contributed by atoms with E-state index in [1.807, 2.05) is 0 Å². The number of nitrogens with one attached hydrogen (secondary N) is 1. The van der Waals surface area contributed by atoms with Crippen molar-refractivity contribution in [2.45, 2.75) is 117 Å². The lowest BCUT2D eigenvalue weighted by Gasteiger charge is -2.26. The molecule has 0 saturated heterocycles. The molecule has 0 spiro atoms. The van der Waals surface area contributed by atoms with Crippen molar-refractivity contribution in [2.24, 2.45) is 11.8 Å². The molecule has 1 N–H and O–H groups in total. The molecule has 2 unspecified atom stereocenters. The van der Waals surface area contributed by atoms with E-state index >= 15 is 0 Å². The SMILES string of the molecule is CCCCCC1CCCCCC(CCCCCCCNCC)C1. The van der Waals surface area contributed by atoms with Gasteiger partial charge in [0.25, 0.3) is 0 Å². The molecule has 0 aromatic rings. The Hall–Kier alpha value is -0.0400. The van der Waals surface area contributed by atoms with E-state index in [0.29, 0.717) is 0 Å². The fourth-order valence-electron chi connectivity index (χ4n) is 4.35. The predicted octanol–water partition coefficient (Wildman–Crippen LogP) is 7.10. The molecule has 1 saturated carbocycles. The third-order valence-electron chi connectivity index (χ3n) is 5.82. The summed E-state index contributed by atoms with van der Waals surface area (Å²) in [5, 5.41) is 3.43. The number of hydrogen-bond donors (Lipinski definition) is 1. The van der Waals surface area contributed by atoms with Gasteiger partial charge in [-0.25, -0.2) is 0 Å². The monoisotopic (exact) mass is 323 g/mol. The quantitative estimate of drug-likeness (QED) is 0.356. The van der Waals surface area contributed by atoms with Crippen molar-refractivity contribution >= 4 is 0 Å². The molecular weight excluding hydrogens is 278 g/mol. The van der Waals surface area contributed by atoms with E-state index in [4.69, 9.17) is 0 Å². The number of hydrogen-bond acceptors (Lipinski definition) is 1. The molecule has 0 bridgehead atoms. The lowest BCUT2D eigenvalue weighted by atomic mass is 9.80. The van der Waals surface area contributed by atoms with E-state index in [9.17, 15) is 0 Å². The second-order valence-corrected chi connectivity index (χ2v) is 8.01. The first-order valence-electron chi connectivity index (χ1n) is 11.1. The van der Waals surface area contributed by atoms with Crippen molar-refractivity contribution in [3.63, 3.8) is 0 Å². The van der Waals surface area contributed by atoms with Crippen LogP contribution in [0.25, 0.3) is 0 Å². The average molecular weight is 324 g/mol. The van der Waals surface area contributed by atoms with Gasteiger partial charge in [-0.15, -0.1) is 0 Å². The Morgan fingerprint density at radius 3 is 1.96 bits per heavy atom. The van der Waals surface area contributed by atoms with Crippen LogP contribution in [0.2, 0.25) is 0 Å². The fraction of sp³-hybridized carbons (Fsp3) is 1.00. The molecule has 0 amide bonds. The second kappa shape index (κ2) is 15.5. The highest BCUT2D eigenvalue weighted by Crippen LogP contribution is 2.32. The lowest BCUT2D eigenvalue weighted by molar-refractivity contribution is 0.263. The van der Waals surface area contributed by atoms with Crippen LogP contribution in [0.3, 0.4) is 0 Å². The van der Waals surface area contributed by atoms with Gasteiger partial charge in [0.15, 0.2) is 0 Å². The van der Waals surface area contributed by atoms with E-state index in [0.717, 1.165) is 18.4 Å². The van der Waals surface area contributed by atoms with Crippen LogP contribution in [0.5, 0.6) is 0 Å². The summed E-state index contributed by atoms with van der Waals surface area (Å²) in [5.74, 6) is 2.12. The molecule has 2 atom stereocenters. The first-order valence-corrected chi connectivity index (χ1v) is 11.1. The highest BCUT2D eigenvalue weighted by atomic mass is 14.8.